The number of benzene rings is 2. The molecule has 1 fully saturated rings. The SMILES string of the molecule is C1CCOC1.CCN(C(=O)COCCO)c1ccccc1.CCN(CCOCCO)c1ccccc1.[B]. The Kier molecular flexibility index (Phi) is 22.4. The fraction of sp³-hybridized carbons (Fsp3) is 0.536. The molecular weight excluding hydrogens is 471 g/mol. The largest absolute Gasteiger partial charge is 0.394 e. The summed E-state index contributed by atoms with van der Waals surface area (Å²) in [7, 11) is 0. The highest BCUT2D eigenvalue weighted by molar-refractivity contribution is 5.94. The van der Waals surface area contributed by atoms with Gasteiger partial charge in [0.05, 0.1) is 33.0 Å². The molecule has 2 N–H and O–H groups in total. The van der Waals surface area contributed by atoms with Crippen LogP contribution in [0, 0.1) is 0 Å². The lowest BCUT2D eigenvalue weighted by Gasteiger charge is -2.22. The molecule has 2 aromatic carbocycles. The van der Waals surface area contributed by atoms with Crippen molar-refractivity contribution in [3.63, 3.8) is 0 Å². The number of aliphatic hydroxyl groups is 2. The highest BCUT2D eigenvalue weighted by atomic mass is 16.5. The van der Waals surface area contributed by atoms with Crippen molar-refractivity contribution in [3.8, 4) is 0 Å². The first-order valence-electron chi connectivity index (χ1n) is 12.8. The molecule has 1 amide bonds. The molecule has 0 spiro atoms. The molecule has 0 saturated carbocycles. The quantitative estimate of drug-likeness (QED) is 0.313. The molecular formula is C28H44BN2O6. The van der Waals surface area contributed by atoms with Crippen LogP contribution >= 0.6 is 0 Å². The van der Waals surface area contributed by atoms with Gasteiger partial charge in [-0.05, 0) is 51.0 Å². The number of rotatable bonds is 13. The van der Waals surface area contributed by atoms with Crippen LogP contribution in [0.5, 0.6) is 0 Å². The maximum Gasteiger partial charge on any atom is 0.252 e. The normalized spacial score (nSPS) is 11.8. The Hall–Kier alpha value is -2.43. The van der Waals surface area contributed by atoms with Crippen LogP contribution in [0.4, 0.5) is 11.4 Å². The van der Waals surface area contributed by atoms with Crippen LogP contribution in [0.1, 0.15) is 26.7 Å². The van der Waals surface area contributed by atoms with E-state index in [1.54, 1.807) is 4.90 Å². The fourth-order valence-corrected chi connectivity index (χ4v) is 3.37. The molecule has 0 bridgehead atoms. The average Bonchev–Trinajstić information content (AvgIpc) is 3.52. The molecule has 1 aliphatic rings. The minimum atomic E-state index is -0.0952. The third kappa shape index (κ3) is 16.1. The van der Waals surface area contributed by atoms with E-state index in [4.69, 9.17) is 24.4 Å². The van der Waals surface area contributed by atoms with Crippen molar-refractivity contribution in [1.29, 1.82) is 0 Å². The predicted octanol–water partition coefficient (Wildman–Crippen LogP) is 2.99. The Bertz CT molecular complexity index is 758. The van der Waals surface area contributed by atoms with E-state index in [1.807, 2.05) is 55.5 Å². The molecule has 3 radical (unpaired) electrons. The summed E-state index contributed by atoms with van der Waals surface area (Å²) in [5, 5.41) is 17.1. The van der Waals surface area contributed by atoms with Gasteiger partial charge in [0, 0.05) is 52.6 Å². The molecule has 3 rings (SSSR count). The Morgan fingerprint density at radius 1 is 0.811 bits per heavy atom. The summed E-state index contributed by atoms with van der Waals surface area (Å²) in [6, 6.07) is 19.7. The molecule has 37 heavy (non-hydrogen) atoms. The van der Waals surface area contributed by atoms with E-state index >= 15 is 0 Å². The Morgan fingerprint density at radius 3 is 1.81 bits per heavy atom. The van der Waals surface area contributed by atoms with Gasteiger partial charge in [0.25, 0.3) is 5.91 Å². The molecule has 1 heterocycles. The first-order valence-corrected chi connectivity index (χ1v) is 12.8. The van der Waals surface area contributed by atoms with Gasteiger partial charge in [0.1, 0.15) is 6.61 Å². The molecule has 0 atom stereocenters. The van der Waals surface area contributed by atoms with E-state index < -0.39 is 0 Å². The summed E-state index contributed by atoms with van der Waals surface area (Å²) in [4.78, 5) is 15.7. The van der Waals surface area contributed by atoms with Gasteiger partial charge in [-0.1, -0.05) is 36.4 Å². The van der Waals surface area contributed by atoms with Crippen molar-refractivity contribution in [1.82, 2.24) is 0 Å². The standard InChI is InChI=1S/C12H17NO3.C12H19NO2.C4H8O.B/c1-2-13(11-6-4-3-5-7-11)12(15)10-16-9-8-14;1-2-13(8-10-15-11-9-14)12-6-4-3-5-7-12;1-2-4-5-3-1;/h3-7,14H,2,8-10H2,1H3;3-7,14H,2,8-11H2,1H3;1-4H2;. The van der Waals surface area contributed by atoms with Crippen LogP contribution in [0.15, 0.2) is 60.7 Å². The Balaban J connectivity index is 0.000000576. The number of amides is 1. The van der Waals surface area contributed by atoms with Crippen LogP contribution < -0.4 is 9.80 Å². The Morgan fingerprint density at radius 2 is 1.35 bits per heavy atom. The number of likely N-dealkylation sites (N-methyl/N-ethyl adjacent to an activating group) is 2. The van der Waals surface area contributed by atoms with Gasteiger partial charge >= 0.3 is 0 Å². The first kappa shape index (κ1) is 34.6. The first-order chi connectivity index (χ1) is 17.7. The summed E-state index contributed by atoms with van der Waals surface area (Å²) in [6.45, 7) is 9.77. The molecule has 2 aromatic rings. The van der Waals surface area contributed by atoms with Gasteiger partial charge in [-0.25, -0.2) is 0 Å². The number of carbonyl (C=O) groups is 1. The molecule has 9 heteroatoms. The number of hydrogen-bond donors (Lipinski definition) is 2. The molecule has 1 saturated heterocycles. The number of ether oxygens (including phenoxy) is 3. The Labute approximate surface area is 224 Å². The maximum atomic E-state index is 11.8. The van der Waals surface area contributed by atoms with Crippen molar-refractivity contribution in [2.45, 2.75) is 26.7 Å². The number of aliphatic hydroxyl groups excluding tert-OH is 2. The van der Waals surface area contributed by atoms with Crippen LogP contribution in [-0.2, 0) is 19.0 Å². The van der Waals surface area contributed by atoms with Crippen molar-refractivity contribution < 1.29 is 29.2 Å². The van der Waals surface area contributed by atoms with Crippen molar-refractivity contribution in [2.75, 3.05) is 82.3 Å². The van der Waals surface area contributed by atoms with E-state index in [1.165, 1.54) is 18.5 Å². The summed E-state index contributed by atoms with van der Waals surface area (Å²) >= 11 is 0. The number of carbonyl (C=O) groups excluding carboxylic acids is 1. The van der Waals surface area contributed by atoms with Crippen LogP contribution in [0.3, 0.4) is 0 Å². The lowest BCUT2D eigenvalue weighted by Crippen LogP contribution is -2.34. The number of hydrogen-bond acceptors (Lipinski definition) is 7. The van der Waals surface area contributed by atoms with E-state index in [0.717, 1.165) is 32.0 Å². The van der Waals surface area contributed by atoms with Crippen LogP contribution in [0.2, 0.25) is 0 Å². The smallest absolute Gasteiger partial charge is 0.252 e. The highest BCUT2D eigenvalue weighted by Crippen LogP contribution is 2.13. The van der Waals surface area contributed by atoms with Gasteiger partial charge in [-0.2, -0.15) is 0 Å². The molecule has 0 unspecified atom stereocenters. The fourth-order valence-electron chi connectivity index (χ4n) is 3.37. The zero-order valence-corrected chi connectivity index (χ0v) is 22.5. The van der Waals surface area contributed by atoms with Gasteiger partial charge in [-0.15, -0.1) is 0 Å². The third-order valence-corrected chi connectivity index (χ3v) is 5.22. The number of para-hydroxylation sites is 2. The topological polar surface area (TPSA) is 91.7 Å². The van der Waals surface area contributed by atoms with E-state index in [0.29, 0.717) is 19.8 Å². The van der Waals surface area contributed by atoms with Gasteiger partial charge in [0.2, 0.25) is 0 Å². The maximum absolute atomic E-state index is 11.8. The third-order valence-electron chi connectivity index (χ3n) is 5.22. The van der Waals surface area contributed by atoms with Crippen molar-refractivity contribution >= 4 is 25.7 Å². The van der Waals surface area contributed by atoms with Gasteiger partial charge in [-0.3, -0.25) is 4.79 Å². The molecule has 0 aliphatic carbocycles. The summed E-state index contributed by atoms with van der Waals surface area (Å²) in [5.41, 5.74) is 2.08. The minimum absolute atomic E-state index is 0. The monoisotopic (exact) mass is 515 g/mol. The van der Waals surface area contributed by atoms with Crippen molar-refractivity contribution in [2.24, 2.45) is 0 Å². The predicted molar refractivity (Wildman–Crippen MR) is 150 cm³/mol. The molecule has 1 aliphatic heterocycles. The number of anilines is 2. The zero-order chi connectivity index (χ0) is 26.3. The second-order valence-corrected chi connectivity index (χ2v) is 7.82. The summed E-state index contributed by atoms with van der Waals surface area (Å²) in [6.07, 6.45) is 2.56. The number of nitrogens with zero attached hydrogens (tertiary/aromatic N) is 2. The highest BCUT2D eigenvalue weighted by Gasteiger charge is 2.13. The second-order valence-electron chi connectivity index (χ2n) is 7.82. The summed E-state index contributed by atoms with van der Waals surface area (Å²) in [5.74, 6) is -0.0952. The van der Waals surface area contributed by atoms with E-state index in [-0.39, 0.29) is 40.7 Å². The van der Waals surface area contributed by atoms with Crippen LogP contribution in [-0.4, -0.2) is 97.0 Å². The second kappa shape index (κ2) is 23.9. The summed E-state index contributed by atoms with van der Waals surface area (Å²) < 4.78 is 15.2. The molecule has 8 nitrogen and oxygen atoms in total. The van der Waals surface area contributed by atoms with Crippen molar-refractivity contribution in [3.05, 3.63) is 60.7 Å². The zero-order valence-electron chi connectivity index (χ0n) is 22.5. The lowest BCUT2D eigenvalue weighted by atomic mass is 10.3. The van der Waals surface area contributed by atoms with E-state index in [9.17, 15) is 4.79 Å². The van der Waals surface area contributed by atoms with Gasteiger partial charge < -0.3 is 34.2 Å². The lowest BCUT2D eigenvalue weighted by molar-refractivity contribution is -0.123. The van der Waals surface area contributed by atoms with Gasteiger partial charge in [0.15, 0.2) is 0 Å². The average molecular weight is 515 g/mol. The van der Waals surface area contributed by atoms with Crippen LogP contribution in [0.25, 0.3) is 0 Å². The molecule has 205 valence electrons. The van der Waals surface area contributed by atoms with E-state index in [2.05, 4.69) is 24.0 Å². The molecule has 0 aromatic heterocycles. The minimum Gasteiger partial charge on any atom is -0.394 e.